The van der Waals surface area contributed by atoms with Crippen LogP contribution in [0.3, 0.4) is 0 Å². The van der Waals surface area contributed by atoms with Crippen LogP contribution in [0.2, 0.25) is 5.02 Å². The zero-order valence-electron chi connectivity index (χ0n) is 13.5. The molecule has 0 aliphatic rings. The van der Waals surface area contributed by atoms with Crippen LogP contribution in [0.15, 0.2) is 18.2 Å². The van der Waals surface area contributed by atoms with Crippen molar-refractivity contribution in [2.45, 2.75) is 26.6 Å². The molecule has 26 heavy (non-hydrogen) atoms. The molecule has 0 aromatic heterocycles. The fourth-order valence-electron chi connectivity index (χ4n) is 2.02. The number of halogens is 6. The lowest BCUT2D eigenvalue weighted by Gasteiger charge is -2.16. The highest BCUT2D eigenvalue weighted by atomic mass is 35.5. The highest BCUT2D eigenvalue weighted by Gasteiger charge is 2.27. The summed E-state index contributed by atoms with van der Waals surface area (Å²) in [6, 6.07) is 4.62. The molecule has 3 nitrogen and oxygen atoms in total. The van der Waals surface area contributed by atoms with E-state index in [-0.39, 0.29) is 0 Å². The number of carbonyl (C=O) groups is 1. The smallest absolute Gasteiger partial charge is 0.347 e. The zero-order valence-corrected chi connectivity index (χ0v) is 14.3. The second-order valence-electron chi connectivity index (χ2n) is 5.33. The lowest BCUT2D eigenvalue weighted by Crippen LogP contribution is -2.26. The van der Waals surface area contributed by atoms with Crippen molar-refractivity contribution in [1.29, 1.82) is 0 Å². The van der Waals surface area contributed by atoms with Gasteiger partial charge in [-0.3, -0.25) is 0 Å². The summed E-state index contributed by atoms with van der Waals surface area (Å²) in [5.41, 5.74) is -0.624. The van der Waals surface area contributed by atoms with Crippen molar-refractivity contribution in [3.05, 3.63) is 63.4 Å². The van der Waals surface area contributed by atoms with Crippen molar-refractivity contribution in [1.82, 2.24) is 0 Å². The molecule has 0 aliphatic carbocycles. The summed E-state index contributed by atoms with van der Waals surface area (Å²) in [4.78, 5) is 11.9. The Labute approximate surface area is 150 Å². The average molecular weight is 395 g/mol. The molecule has 2 rings (SSSR count). The predicted octanol–water partition coefficient (Wildman–Crippen LogP) is 4.85. The minimum Gasteiger partial charge on any atom is -0.479 e. The number of aryl methyl sites for hydroxylation is 1. The Hall–Kier alpha value is -2.35. The van der Waals surface area contributed by atoms with E-state index in [1.165, 1.54) is 19.1 Å². The topological polar surface area (TPSA) is 35.5 Å². The Balaban J connectivity index is 2.09. The van der Waals surface area contributed by atoms with Crippen molar-refractivity contribution < 1.29 is 36.2 Å². The maximum atomic E-state index is 13.5. The lowest BCUT2D eigenvalue weighted by molar-refractivity contribution is -0.152. The van der Waals surface area contributed by atoms with Crippen LogP contribution in [0.1, 0.15) is 18.1 Å². The minimum atomic E-state index is -2.29. The fraction of sp³-hybridized carbons (Fsp3) is 0.235. The van der Waals surface area contributed by atoms with E-state index < -0.39 is 53.3 Å². The molecule has 0 aliphatic heterocycles. The molecule has 2 aromatic rings. The van der Waals surface area contributed by atoms with Crippen LogP contribution >= 0.6 is 11.6 Å². The van der Waals surface area contributed by atoms with E-state index >= 15 is 0 Å². The minimum absolute atomic E-state index is 0.315. The van der Waals surface area contributed by atoms with Crippen molar-refractivity contribution in [2.75, 3.05) is 0 Å². The van der Waals surface area contributed by atoms with Crippen LogP contribution < -0.4 is 4.74 Å². The summed E-state index contributed by atoms with van der Waals surface area (Å²) >= 11 is 5.79. The van der Waals surface area contributed by atoms with E-state index in [2.05, 4.69) is 4.74 Å². The van der Waals surface area contributed by atoms with Gasteiger partial charge in [0.05, 0.1) is 5.56 Å². The van der Waals surface area contributed by atoms with Gasteiger partial charge >= 0.3 is 5.97 Å². The molecule has 0 heterocycles. The Morgan fingerprint density at radius 3 is 2.12 bits per heavy atom. The van der Waals surface area contributed by atoms with Crippen LogP contribution in [0.4, 0.5) is 22.0 Å². The molecule has 0 fully saturated rings. The molecule has 0 saturated heterocycles. The van der Waals surface area contributed by atoms with E-state index in [9.17, 15) is 26.7 Å². The van der Waals surface area contributed by atoms with Gasteiger partial charge in [0.25, 0.3) is 0 Å². The van der Waals surface area contributed by atoms with E-state index in [0.29, 0.717) is 16.3 Å². The van der Waals surface area contributed by atoms with Crippen molar-refractivity contribution >= 4 is 17.6 Å². The van der Waals surface area contributed by atoms with Gasteiger partial charge in [0.2, 0.25) is 5.82 Å². The van der Waals surface area contributed by atoms with Gasteiger partial charge in [0.1, 0.15) is 12.4 Å². The summed E-state index contributed by atoms with van der Waals surface area (Å²) in [6.07, 6.45) is -1.20. The molecule has 9 heteroatoms. The average Bonchev–Trinajstić information content (AvgIpc) is 2.60. The molecule has 0 radical (unpaired) electrons. The number of rotatable bonds is 5. The Bertz CT molecular complexity index is 828. The maximum Gasteiger partial charge on any atom is 0.347 e. The summed E-state index contributed by atoms with van der Waals surface area (Å²) < 4.78 is 76.2. The van der Waals surface area contributed by atoms with Gasteiger partial charge < -0.3 is 9.47 Å². The van der Waals surface area contributed by atoms with Gasteiger partial charge in [0, 0.05) is 5.02 Å². The third-order valence-electron chi connectivity index (χ3n) is 3.43. The number of benzene rings is 2. The highest BCUT2D eigenvalue weighted by molar-refractivity contribution is 6.30. The Morgan fingerprint density at radius 2 is 1.58 bits per heavy atom. The van der Waals surface area contributed by atoms with Gasteiger partial charge in [-0.1, -0.05) is 11.6 Å². The van der Waals surface area contributed by atoms with Gasteiger partial charge in [-0.2, -0.15) is 0 Å². The Morgan fingerprint density at radius 1 is 1.04 bits per heavy atom. The van der Waals surface area contributed by atoms with E-state index in [1.807, 2.05) is 0 Å². The van der Waals surface area contributed by atoms with E-state index in [1.54, 1.807) is 13.0 Å². The van der Waals surface area contributed by atoms with E-state index in [4.69, 9.17) is 16.3 Å². The van der Waals surface area contributed by atoms with E-state index in [0.717, 1.165) is 0 Å². The second kappa shape index (κ2) is 7.90. The zero-order chi connectivity index (χ0) is 19.6. The lowest BCUT2D eigenvalue weighted by atomic mass is 10.2. The summed E-state index contributed by atoms with van der Waals surface area (Å²) in [5.74, 6) is -11.4. The largest absolute Gasteiger partial charge is 0.479 e. The molecular formula is C17H12ClF5O3. The Kier molecular flexibility index (Phi) is 6.07. The van der Waals surface area contributed by atoms with Crippen molar-refractivity contribution in [2.24, 2.45) is 0 Å². The third-order valence-corrected chi connectivity index (χ3v) is 3.67. The van der Waals surface area contributed by atoms with Gasteiger partial charge in [-0.25, -0.2) is 26.7 Å². The molecular weight excluding hydrogens is 383 g/mol. The number of carbonyl (C=O) groups excluding carboxylic acids is 1. The molecule has 2 aromatic carbocycles. The van der Waals surface area contributed by atoms with Crippen molar-refractivity contribution in [3.8, 4) is 5.75 Å². The highest BCUT2D eigenvalue weighted by Crippen LogP contribution is 2.25. The molecule has 140 valence electrons. The van der Waals surface area contributed by atoms with Gasteiger partial charge in [-0.05, 0) is 37.6 Å². The first-order valence-electron chi connectivity index (χ1n) is 7.23. The molecule has 0 spiro atoms. The van der Waals surface area contributed by atoms with Crippen LogP contribution in [0.25, 0.3) is 0 Å². The first-order chi connectivity index (χ1) is 12.1. The summed E-state index contributed by atoms with van der Waals surface area (Å²) in [5, 5.41) is 0.455. The quantitative estimate of drug-likeness (QED) is 0.314. The number of hydrogen-bond acceptors (Lipinski definition) is 3. The molecule has 1 unspecified atom stereocenters. The van der Waals surface area contributed by atoms with Crippen LogP contribution in [-0.2, 0) is 16.1 Å². The monoisotopic (exact) mass is 394 g/mol. The summed E-state index contributed by atoms with van der Waals surface area (Å²) in [7, 11) is 0. The molecule has 0 N–H and O–H groups in total. The fourth-order valence-corrected chi connectivity index (χ4v) is 2.25. The first-order valence-corrected chi connectivity index (χ1v) is 7.61. The molecule has 0 amide bonds. The SMILES string of the molecule is Cc1cc(Cl)ccc1OC(C)C(=O)OCc1c(F)c(F)c(F)c(F)c1F. The normalized spacial score (nSPS) is 12.0. The van der Waals surface area contributed by atoms with Gasteiger partial charge in [0.15, 0.2) is 29.4 Å². The van der Waals surface area contributed by atoms with Gasteiger partial charge in [-0.15, -0.1) is 0 Å². The van der Waals surface area contributed by atoms with Crippen LogP contribution in [0, 0.1) is 36.0 Å². The standard InChI is InChI=1S/C17H12ClF5O3/c1-7-5-9(18)3-4-11(7)26-8(2)17(24)25-6-10-12(19)14(21)16(23)15(22)13(10)20/h3-5,8H,6H2,1-2H3. The molecule has 1 atom stereocenters. The number of ether oxygens (including phenoxy) is 2. The summed E-state index contributed by atoms with van der Waals surface area (Å²) in [6.45, 7) is 1.83. The van der Waals surface area contributed by atoms with Crippen LogP contribution in [0.5, 0.6) is 5.75 Å². The third kappa shape index (κ3) is 4.07. The van der Waals surface area contributed by atoms with Crippen molar-refractivity contribution in [3.63, 3.8) is 0 Å². The second-order valence-corrected chi connectivity index (χ2v) is 5.76. The molecule has 0 saturated carbocycles. The maximum absolute atomic E-state index is 13.5. The first kappa shape index (κ1) is 20.0. The van der Waals surface area contributed by atoms with Crippen LogP contribution in [-0.4, -0.2) is 12.1 Å². The predicted molar refractivity (Wildman–Crippen MR) is 82.3 cm³/mol. The number of esters is 1. The number of hydrogen-bond donors (Lipinski definition) is 0. The molecule has 0 bridgehead atoms.